The van der Waals surface area contributed by atoms with Crippen molar-refractivity contribution in [1.29, 1.82) is 0 Å². The second-order valence-corrected chi connectivity index (χ2v) is 27.8. The lowest BCUT2D eigenvalue weighted by Crippen LogP contribution is -2.49. The van der Waals surface area contributed by atoms with Gasteiger partial charge in [-0.1, -0.05) is 50.7 Å². The highest BCUT2D eigenvalue weighted by atomic mass is 35.5. The Morgan fingerprint density at radius 2 is 0.933 bits per heavy atom. The number of halogens is 4. The number of piperidine rings is 3. The van der Waals surface area contributed by atoms with Gasteiger partial charge in [0.15, 0.2) is 22.8 Å². The number of nitrogens with zero attached hydrogens (tertiary/aromatic N) is 26. The molecule has 0 bridgehead atoms. The molecule has 5 aliphatic rings. The average molecular weight is 1710 g/mol. The molecule has 0 unspecified atom stereocenters. The Kier molecular flexibility index (Phi) is 31.3. The smallest absolute Gasteiger partial charge is 0.329 e. The number of carbonyl (C=O) groups excluding carboxylic acids is 1. The molecule has 0 saturated carbocycles. The second-order valence-electron chi connectivity index (χ2n) is 26.7. The Morgan fingerprint density at radius 3 is 1.46 bits per heavy atom. The van der Waals surface area contributed by atoms with Crippen LogP contribution in [0.5, 0.6) is 0 Å². The number of hydrogen-bond donors (Lipinski definition) is 9. The largest absolute Gasteiger partial charge is 0.394 e. The van der Waals surface area contributed by atoms with Crippen LogP contribution >= 0.6 is 34.8 Å². The standard InChI is InChI=1S/C25H21FN8O2.2C10H13N5.C9H13N5O2.C9H15N5.C4HCl2N3O2.C4H3ClN4O2.2CH4/c26-19-6-5-15(12-20-16-3-1-2-4-17(16)23(35)32-31-20)11-18(19)24(36)33-7-9-34(10-8-33)25-27-13-21-22(30-25)29-14-28-21;1-3-15(4-2-11-1)8-5-9-10(12-6-8)14-7-13-9;1-2-4-15(5-3-1)10-11-6-8-9(14-10)13-7-12-8;10-8-7(14(15)16)6-11-9(12-8)13-4-2-1-3-5-13;10-7-6-12-9(13-8(7)11)14-4-2-1-3-5-14;5-3-2(9(10)11)1-7-4(6)8-3;5-4-7-1-2(9(10)11)3(6)8-4;;/h1-6,11,13-14H,7-10,12H2,(H,32,35)(H,27,28,29,30);5-7,11H,1-4H2,(H,12,13,14);6-7H,1-5H2,(H,11,12,13,14);6H,1-5H2,(H2,10,11,12);6H,1-5,10H2,(H2,11,12,13);1H;1H,(H2,6,7,8);2*1H4. The molecule has 47 heteroatoms. The number of hydrogen-bond acceptors (Lipinski definition) is 35. The number of rotatable bonds is 11. The van der Waals surface area contributed by atoms with Crippen molar-refractivity contribution in [1.82, 2.24) is 115 Å². The fourth-order valence-electron chi connectivity index (χ4n) is 12.8. The van der Waals surface area contributed by atoms with Crippen LogP contribution in [-0.2, 0) is 6.42 Å². The summed E-state index contributed by atoms with van der Waals surface area (Å²) in [5, 5.41) is 41.6. The number of aromatic nitrogens is 21. The van der Waals surface area contributed by atoms with E-state index in [0.29, 0.717) is 78.7 Å². The summed E-state index contributed by atoms with van der Waals surface area (Å²) in [5.74, 6) is 1.70. The third-order valence-corrected chi connectivity index (χ3v) is 19.6. The van der Waals surface area contributed by atoms with E-state index in [4.69, 9.17) is 57.7 Å². The van der Waals surface area contributed by atoms with Crippen LogP contribution in [0.1, 0.15) is 94.3 Å². The van der Waals surface area contributed by atoms with Crippen molar-refractivity contribution in [2.45, 2.75) is 79.1 Å². The summed E-state index contributed by atoms with van der Waals surface area (Å²) in [5.41, 5.74) is 28.4. The highest BCUT2D eigenvalue weighted by molar-refractivity contribution is 6.33. The maximum Gasteiger partial charge on any atom is 0.329 e. The monoisotopic (exact) mass is 1710 g/mol. The Morgan fingerprint density at radius 1 is 0.467 bits per heavy atom. The first kappa shape index (κ1) is 88.6. The topological polar surface area (TPSA) is 581 Å². The molecule has 0 radical (unpaired) electrons. The second kappa shape index (κ2) is 42.4. The lowest BCUT2D eigenvalue weighted by atomic mass is 10.0. The Labute approximate surface area is 698 Å². The van der Waals surface area contributed by atoms with Gasteiger partial charge in [0.1, 0.15) is 35.4 Å². The summed E-state index contributed by atoms with van der Waals surface area (Å²) in [7, 11) is 0. The van der Waals surface area contributed by atoms with Gasteiger partial charge in [-0.2, -0.15) is 35.0 Å². The third kappa shape index (κ3) is 23.3. The Hall–Kier alpha value is -13.8. The van der Waals surface area contributed by atoms with Crippen LogP contribution < -0.4 is 58.3 Å². The highest BCUT2D eigenvalue weighted by Crippen LogP contribution is 2.28. The zero-order valence-corrected chi connectivity index (χ0v) is 65.3. The number of carbonyl (C=O) groups is 1. The van der Waals surface area contributed by atoms with Gasteiger partial charge in [0.05, 0.1) is 92.1 Å². The summed E-state index contributed by atoms with van der Waals surface area (Å²) in [6.45, 7) is 12.0. The summed E-state index contributed by atoms with van der Waals surface area (Å²) < 4.78 is 14.7. The van der Waals surface area contributed by atoms with Gasteiger partial charge >= 0.3 is 17.1 Å². The van der Waals surface area contributed by atoms with Crippen LogP contribution in [0.15, 0.2) is 116 Å². The molecule has 5 fully saturated rings. The van der Waals surface area contributed by atoms with Gasteiger partial charge in [-0.25, -0.2) is 59.3 Å². The molecule has 11 aromatic heterocycles. The molecule has 16 heterocycles. The average Bonchev–Trinajstić information content (AvgIpc) is 0.992. The number of aromatic amines is 4. The summed E-state index contributed by atoms with van der Waals surface area (Å²) in [6, 6.07) is 13.8. The number of anilines is 9. The van der Waals surface area contributed by atoms with Crippen LogP contribution in [0.2, 0.25) is 15.7 Å². The van der Waals surface area contributed by atoms with E-state index in [1.807, 2.05) is 28.1 Å². The first-order chi connectivity index (χ1) is 57.1. The lowest BCUT2D eigenvalue weighted by Gasteiger charge is -2.34. The van der Waals surface area contributed by atoms with E-state index in [-0.39, 0.29) is 76.3 Å². The molecule has 18 rings (SSSR count). The quantitative estimate of drug-likeness (QED) is 0.0252. The van der Waals surface area contributed by atoms with Crippen LogP contribution in [0.3, 0.4) is 0 Å². The van der Waals surface area contributed by atoms with Crippen molar-refractivity contribution in [3.05, 3.63) is 190 Å². The molecule has 5 saturated heterocycles. The van der Waals surface area contributed by atoms with E-state index in [2.05, 4.69) is 131 Å². The minimum atomic E-state index is -0.682. The minimum Gasteiger partial charge on any atom is -0.394 e. The molecule has 0 spiro atoms. The van der Waals surface area contributed by atoms with Crippen LogP contribution in [-0.4, -0.2) is 222 Å². The van der Waals surface area contributed by atoms with Crippen LogP contribution in [0, 0.1) is 36.2 Å². The zero-order chi connectivity index (χ0) is 83.2. The van der Waals surface area contributed by atoms with E-state index in [1.165, 1.54) is 62.9 Å². The van der Waals surface area contributed by atoms with Crippen molar-refractivity contribution < 1.29 is 24.0 Å². The number of fused-ring (bicyclic) bond motifs is 4. The van der Waals surface area contributed by atoms with Crippen LogP contribution in [0.4, 0.5) is 74.1 Å². The molecule has 13 N–H and O–H groups in total. The maximum atomic E-state index is 14.7. The minimum absolute atomic E-state index is 0. The van der Waals surface area contributed by atoms with Gasteiger partial charge in [0.2, 0.25) is 51.1 Å². The number of amides is 1. The number of imidazole rings is 3. The number of nitro groups is 3. The van der Waals surface area contributed by atoms with E-state index < -0.39 is 20.6 Å². The Balaban J connectivity index is 0.000000155. The van der Waals surface area contributed by atoms with E-state index in [0.717, 1.165) is 135 Å². The molecule has 2 aromatic carbocycles. The predicted molar refractivity (Wildman–Crippen MR) is 454 cm³/mol. The van der Waals surface area contributed by atoms with Gasteiger partial charge in [0, 0.05) is 103 Å². The summed E-state index contributed by atoms with van der Waals surface area (Å²) in [6.07, 6.45) is 26.2. The maximum absolute atomic E-state index is 14.7. The van der Waals surface area contributed by atoms with Crippen molar-refractivity contribution >= 4 is 155 Å². The zero-order valence-electron chi connectivity index (χ0n) is 63.1. The summed E-state index contributed by atoms with van der Waals surface area (Å²) >= 11 is 15.9. The number of piperazine rings is 2. The Bertz CT molecular complexity index is 5550. The highest BCUT2D eigenvalue weighted by Gasteiger charge is 2.28. The van der Waals surface area contributed by atoms with Gasteiger partial charge in [-0.3, -0.25) is 39.9 Å². The summed E-state index contributed by atoms with van der Waals surface area (Å²) in [4.78, 5) is 140. The van der Waals surface area contributed by atoms with Gasteiger partial charge in [-0.05, 0) is 111 Å². The predicted octanol–water partition coefficient (Wildman–Crippen LogP) is 9.17. The van der Waals surface area contributed by atoms with Gasteiger partial charge in [-0.15, -0.1) is 0 Å². The number of nitrogens with two attached hydrogens (primary N) is 4. The SMILES string of the molecule is C.C.Nc1cnc(N2CCCCC2)nc1N.Nc1nc(Cl)ncc1[N+](=O)[O-].Nc1nc(N2CCCCC2)ncc1[N+](=O)[O-].O=C(c1cc(Cc2n[nH]c(=O)c3ccccc23)ccc1F)N1CCN(c2ncc3[nH]cnc3n2)CC1.O=[N+]([O-])c1cnc(Cl)nc1Cl.c1nc2nc(N3CCCCC3)ncc2[nH]1.c1nc2ncc(N3CCNCC3)cc2[nH]1. The first-order valence-corrected chi connectivity index (χ1v) is 38.2. The van der Waals surface area contributed by atoms with Gasteiger partial charge in [0.25, 0.3) is 11.5 Å². The van der Waals surface area contributed by atoms with Crippen molar-refractivity contribution in [3.8, 4) is 0 Å². The normalized spacial score (nSPS) is 14.4. The van der Waals surface area contributed by atoms with Gasteiger partial charge < -0.3 is 72.6 Å². The molecule has 1 amide bonds. The lowest BCUT2D eigenvalue weighted by molar-refractivity contribution is -0.385. The fourth-order valence-corrected chi connectivity index (χ4v) is 13.3. The number of pyridine rings is 1. The van der Waals surface area contributed by atoms with Crippen molar-refractivity contribution in [2.24, 2.45) is 0 Å². The van der Waals surface area contributed by atoms with Crippen molar-refractivity contribution in [2.75, 3.05) is 139 Å². The molecule has 43 nitrogen and oxygen atoms in total. The number of nitrogens with one attached hydrogen (secondary N) is 5. The molecular formula is C73H87Cl3FN35O8. The molecule has 0 aliphatic carbocycles. The molecular weight excluding hydrogens is 1620 g/mol. The molecule has 120 heavy (non-hydrogen) atoms. The van der Waals surface area contributed by atoms with E-state index in [1.54, 1.807) is 66.7 Å². The molecule has 13 aromatic rings. The molecule has 0 atom stereocenters. The number of H-pyrrole nitrogens is 4. The third-order valence-electron chi connectivity index (χ3n) is 18.9. The molecule has 5 aliphatic heterocycles. The molecule has 630 valence electrons. The van der Waals surface area contributed by atoms with Crippen LogP contribution in [0.25, 0.3) is 44.3 Å². The fraction of sp³-hybridized carbons (Fsp3) is 0.356. The van der Waals surface area contributed by atoms with E-state index >= 15 is 0 Å². The van der Waals surface area contributed by atoms with E-state index in [9.17, 15) is 44.3 Å². The first-order valence-electron chi connectivity index (χ1n) is 37.1. The van der Waals surface area contributed by atoms with Crippen molar-refractivity contribution in [3.63, 3.8) is 0 Å². The number of nitrogen functional groups attached to an aromatic ring is 4. The number of benzene rings is 2.